The Kier molecular flexibility index (Phi) is 4.64. The van der Waals surface area contributed by atoms with Crippen molar-refractivity contribution in [1.82, 2.24) is 10.2 Å². The van der Waals surface area contributed by atoms with Gasteiger partial charge in [-0.3, -0.25) is 19.3 Å². The van der Waals surface area contributed by atoms with E-state index in [1.807, 2.05) is 27.7 Å². The molecule has 5 nitrogen and oxygen atoms in total. The molecule has 1 aliphatic heterocycles. The highest BCUT2D eigenvalue weighted by atomic mass is 16.2. The van der Waals surface area contributed by atoms with E-state index in [2.05, 4.69) is 5.32 Å². The summed E-state index contributed by atoms with van der Waals surface area (Å²) in [5.41, 5.74) is 0.747. The van der Waals surface area contributed by atoms with Crippen LogP contribution in [0.1, 0.15) is 54.8 Å². The van der Waals surface area contributed by atoms with Crippen LogP contribution in [0.4, 0.5) is 0 Å². The predicted octanol–water partition coefficient (Wildman–Crippen LogP) is 2.22. The highest BCUT2D eigenvalue weighted by Crippen LogP contribution is 2.27. The number of nitrogens with zero attached hydrogens (tertiary/aromatic N) is 1. The van der Waals surface area contributed by atoms with Gasteiger partial charge in [-0.15, -0.1) is 0 Å². The summed E-state index contributed by atoms with van der Waals surface area (Å²) in [6.45, 7) is 7.64. The summed E-state index contributed by atoms with van der Waals surface area (Å²) in [5, 5.41) is 2.81. The summed E-state index contributed by atoms with van der Waals surface area (Å²) in [6.07, 6.45) is 0.448. The van der Waals surface area contributed by atoms with E-state index in [4.69, 9.17) is 0 Å². The number of rotatable bonds is 5. The standard InChI is InChI=1S/C17H22N2O3/c1-10(2)9-14(15(20)18-11(3)4)19-16(21)12-7-5-6-8-13(12)17(19)22/h5-8,10-11,14H,9H2,1-4H3,(H,18,20). The molecule has 1 aliphatic rings. The third-order valence-corrected chi connectivity index (χ3v) is 3.57. The minimum Gasteiger partial charge on any atom is -0.352 e. The first-order chi connectivity index (χ1) is 10.3. The van der Waals surface area contributed by atoms with Crippen LogP contribution in [0.2, 0.25) is 0 Å². The largest absolute Gasteiger partial charge is 0.352 e. The molecule has 1 N–H and O–H groups in total. The molecule has 1 aromatic rings. The van der Waals surface area contributed by atoms with Crippen molar-refractivity contribution in [2.24, 2.45) is 5.92 Å². The highest BCUT2D eigenvalue weighted by Gasteiger charge is 2.42. The lowest BCUT2D eigenvalue weighted by molar-refractivity contribution is -0.126. The number of benzene rings is 1. The van der Waals surface area contributed by atoms with E-state index in [-0.39, 0.29) is 29.7 Å². The molecule has 1 atom stereocenters. The number of imide groups is 1. The summed E-state index contributed by atoms with van der Waals surface area (Å²) in [4.78, 5) is 38.7. The Bertz CT molecular complexity index is 573. The van der Waals surface area contributed by atoms with Crippen molar-refractivity contribution in [1.29, 1.82) is 0 Å². The van der Waals surface area contributed by atoms with Gasteiger partial charge in [-0.05, 0) is 38.3 Å². The molecule has 0 fully saturated rings. The van der Waals surface area contributed by atoms with Gasteiger partial charge in [0, 0.05) is 6.04 Å². The Labute approximate surface area is 130 Å². The average Bonchev–Trinajstić information content (AvgIpc) is 2.68. The molecule has 0 radical (unpaired) electrons. The van der Waals surface area contributed by atoms with Gasteiger partial charge in [0.25, 0.3) is 11.8 Å². The van der Waals surface area contributed by atoms with Gasteiger partial charge >= 0.3 is 0 Å². The van der Waals surface area contributed by atoms with Crippen molar-refractivity contribution >= 4 is 17.7 Å². The molecule has 1 heterocycles. The van der Waals surface area contributed by atoms with Crippen LogP contribution in [-0.2, 0) is 4.79 Å². The topological polar surface area (TPSA) is 66.5 Å². The van der Waals surface area contributed by atoms with Crippen molar-refractivity contribution < 1.29 is 14.4 Å². The van der Waals surface area contributed by atoms with Gasteiger partial charge in [0.2, 0.25) is 5.91 Å². The lowest BCUT2D eigenvalue weighted by Gasteiger charge is -2.27. The number of amides is 3. The Morgan fingerprint density at radius 1 is 1.05 bits per heavy atom. The Morgan fingerprint density at radius 2 is 1.55 bits per heavy atom. The van der Waals surface area contributed by atoms with Crippen LogP contribution >= 0.6 is 0 Å². The molecular weight excluding hydrogens is 280 g/mol. The molecule has 0 aliphatic carbocycles. The second-order valence-corrected chi connectivity index (χ2v) is 6.33. The average molecular weight is 302 g/mol. The highest BCUT2D eigenvalue weighted by molar-refractivity contribution is 6.22. The minimum atomic E-state index is -0.769. The number of nitrogens with one attached hydrogen (secondary N) is 1. The molecular formula is C17H22N2O3. The summed E-state index contributed by atoms with van der Waals surface area (Å²) >= 11 is 0. The van der Waals surface area contributed by atoms with Gasteiger partial charge in [-0.1, -0.05) is 26.0 Å². The maximum absolute atomic E-state index is 12.5. The van der Waals surface area contributed by atoms with Crippen LogP contribution in [0, 0.1) is 5.92 Å². The number of carbonyl (C=O) groups is 3. The zero-order valence-electron chi connectivity index (χ0n) is 13.4. The third-order valence-electron chi connectivity index (χ3n) is 3.57. The summed E-state index contributed by atoms with van der Waals surface area (Å²) in [6, 6.07) is 5.88. The maximum atomic E-state index is 12.5. The second-order valence-electron chi connectivity index (χ2n) is 6.33. The zero-order valence-corrected chi connectivity index (χ0v) is 13.4. The Balaban J connectivity index is 2.35. The van der Waals surface area contributed by atoms with E-state index in [9.17, 15) is 14.4 Å². The van der Waals surface area contributed by atoms with E-state index < -0.39 is 6.04 Å². The van der Waals surface area contributed by atoms with Crippen LogP contribution in [0.5, 0.6) is 0 Å². The predicted molar refractivity (Wildman–Crippen MR) is 83.5 cm³/mol. The number of hydrogen-bond acceptors (Lipinski definition) is 3. The molecule has 0 saturated carbocycles. The molecule has 0 spiro atoms. The van der Waals surface area contributed by atoms with E-state index in [1.54, 1.807) is 24.3 Å². The Hall–Kier alpha value is -2.17. The maximum Gasteiger partial charge on any atom is 0.262 e. The fourth-order valence-electron chi connectivity index (χ4n) is 2.65. The number of carbonyl (C=O) groups excluding carboxylic acids is 3. The van der Waals surface area contributed by atoms with E-state index in [0.29, 0.717) is 17.5 Å². The smallest absolute Gasteiger partial charge is 0.262 e. The van der Waals surface area contributed by atoms with Crippen LogP contribution in [0.3, 0.4) is 0 Å². The summed E-state index contributed by atoms with van der Waals surface area (Å²) in [7, 11) is 0. The van der Waals surface area contributed by atoms with Crippen molar-refractivity contribution in [3.63, 3.8) is 0 Å². The first-order valence-electron chi connectivity index (χ1n) is 7.60. The number of fused-ring (bicyclic) bond motifs is 1. The molecule has 22 heavy (non-hydrogen) atoms. The molecule has 3 amide bonds. The molecule has 118 valence electrons. The van der Waals surface area contributed by atoms with E-state index in [1.165, 1.54) is 0 Å². The Morgan fingerprint density at radius 3 is 1.95 bits per heavy atom. The molecule has 0 bridgehead atoms. The summed E-state index contributed by atoms with van der Waals surface area (Å²) in [5.74, 6) is -0.860. The van der Waals surface area contributed by atoms with Crippen LogP contribution in [-0.4, -0.2) is 34.7 Å². The van der Waals surface area contributed by atoms with Crippen molar-refractivity contribution in [2.45, 2.75) is 46.2 Å². The van der Waals surface area contributed by atoms with Crippen LogP contribution in [0.15, 0.2) is 24.3 Å². The fraction of sp³-hybridized carbons (Fsp3) is 0.471. The minimum absolute atomic E-state index is 0.0441. The lowest BCUT2D eigenvalue weighted by atomic mass is 10.0. The molecule has 0 saturated heterocycles. The van der Waals surface area contributed by atoms with Crippen molar-refractivity contribution in [2.75, 3.05) is 0 Å². The first kappa shape index (κ1) is 16.2. The SMILES string of the molecule is CC(C)CC(C(=O)NC(C)C)N1C(=O)c2ccccc2C1=O. The molecule has 0 aromatic heterocycles. The van der Waals surface area contributed by atoms with Gasteiger partial charge in [-0.25, -0.2) is 0 Å². The monoisotopic (exact) mass is 302 g/mol. The van der Waals surface area contributed by atoms with Crippen molar-refractivity contribution in [3.8, 4) is 0 Å². The lowest BCUT2D eigenvalue weighted by Crippen LogP contribution is -2.51. The van der Waals surface area contributed by atoms with Crippen LogP contribution in [0.25, 0.3) is 0 Å². The molecule has 5 heteroatoms. The molecule has 1 unspecified atom stereocenters. The van der Waals surface area contributed by atoms with Gasteiger partial charge in [0.1, 0.15) is 6.04 Å². The normalized spacial score (nSPS) is 15.5. The van der Waals surface area contributed by atoms with Gasteiger partial charge < -0.3 is 5.32 Å². The summed E-state index contributed by atoms with van der Waals surface area (Å²) < 4.78 is 0. The third kappa shape index (κ3) is 3.03. The second kappa shape index (κ2) is 6.30. The van der Waals surface area contributed by atoms with Crippen molar-refractivity contribution in [3.05, 3.63) is 35.4 Å². The van der Waals surface area contributed by atoms with Gasteiger partial charge in [0.15, 0.2) is 0 Å². The fourth-order valence-corrected chi connectivity index (χ4v) is 2.65. The number of hydrogen-bond donors (Lipinski definition) is 1. The van der Waals surface area contributed by atoms with Gasteiger partial charge in [-0.2, -0.15) is 0 Å². The van der Waals surface area contributed by atoms with Gasteiger partial charge in [0.05, 0.1) is 11.1 Å². The first-order valence-corrected chi connectivity index (χ1v) is 7.60. The van der Waals surface area contributed by atoms with E-state index >= 15 is 0 Å². The molecule has 1 aromatic carbocycles. The molecule has 2 rings (SSSR count). The van der Waals surface area contributed by atoms with E-state index in [0.717, 1.165) is 4.90 Å². The van der Waals surface area contributed by atoms with Crippen LogP contribution < -0.4 is 5.32 Å². The quantitative estimate of drug-likeness (QED) is 0.848. The zero-order chi connectivity index (χ0) is 16.4.